The summed E-state index contributed by atoms with van der Waals surface area (Å²) in [5.74, 6) is 0.0340. The highest BCUT2D eigenvalue weighted by molar-refractivity contribution is 6.31. The molecule has 1 amide bonds. The number of anilines is 2. The van der Waals surface area contributed by atoms with Crippen molar-refractivity contribution in [3.8, 4) is 0 Å². The summed E-state index contributed by atoms with van der Waals surface area (Å²) < 4.78 is 0. The van der Waals surface area contributed by atoms with E-state index in [1.54, 1.807) is 6.07 Å². The molecule has 0 fully saturated rings. The zero-order chi connectivity index (χ0) is 11.0. The van der Waals surface area contributed by atoms with Crippen LogP contribution >= 0.6 is 11.6 Å². The van der Waals surface area contributed by atoms with Crippen LogP contribution in [0.2, 0.25) is 5.02 Å². The summed E-state index contributed by atoms with van der Waals surface area (Å²) in [6, 6.07) is 5.37. The number of nitrogens with zero attached hydrogens (tertiary/aromatic N) is 1. The maximum absolute atomic E-state index is 11.6. The second-order valence-electron chi connectivity index (χ2n) is 3.61. The van der Waals surface area contributed by atoms with Crippen molar-refractivity contribution in [2.24, 2.45) is 0 Å². The van der Waals surface area contributed by atoms with Gasteiger partial charge in [0.1, 0.15) is 6.04 Å². The Balaban J connectivity index is 2.50. The van der Waals surface area contributed by atoms with Gasteiger partial charge in [-0.05, 0) is 32.0 Å². The number of fused-ring (bicyclic) bond motifs is 1. The van der Waals surface area contributed by atoms with Crippen molar-refractivity contribution in [2.45, 2.75) is 19.9 Å². The van der Waals surface area contributed by atoms with E-state index in [1.807, 2.05) is 30.9 Å². The molecule has 1 heterocycles. The van der Waals surface area contributed by atoms with Gasteiger partial charge in [0.05, 0.1) is 11.4 Å². The first-order valence-corrected chi connectivity index (χ1v) is 5.38. The van der Waals surface area contributed by atoms with Crippen molar-refractivity contribution in [2.75, 3.05) is 16.8 Å². The van der Waals surface area contributed by atoms with Gasteiger partial charge in [0.2, 0.25) is 5.91 Å². The fourth-order valence-corrected chi connectivity index (χ4v) is 2.05. The number of amides is 1. The predicted octanol–water partition coefficient (Wildman–Crippen LogP) is 2.51. The third-order valence-corrected chi connectivity index (χ3v) is 2.95. The molecule has 1 atom stereocenters. The van der Waals surface area contributed by atoms with E-state index in [0.29, 0.717) is 5.02 Å². The number of hydrogen-bond donors (Lipinski definition) is 1. The fraction of sp³-hybridized carbons (Fsp3) is 0.364. The molecule has 0 saturated heterocycles. The maximum atomic E-state index is 11.6. The molecule has 1 aliphatic rings. The van der Waals surface area contributed by atoms with Crippen LogP contribution in [-0.2, 0) is 4.79 Å². The van der Waals surface area contributed by atoms with Crippen molar-refractivity contribution in [1.29, 1.82) is 0 Å². The molecular formula is C11H13ClN2O. The summed E-state index contributed by atoms with van der Waals surface area (Å²) in [5.41, 5.74) is 1.83. The molecule has 15 heavy (non-hydrogen) atoms. The first kappa shape index (κ1) is 10.3. The minimum absolute atomic E-state index is 0.0340. The van der Waals surface area contributed by atoms with E-state index < -0.39 is 0 Å². The first-order valence-electron chi connectivity index (χ1n) is 5.00. The number of benzene rings is 1. The molecule has 1 N–H and O–H groups in total. The molecule has 1 unspecified atom stereocenters. The lowest BCUT2D eigenvalue weighted by molar-refractivity contribution is -0.117. The van der Waals surface area contributed by atoms with Gasteiger partial charge in [-0.2, -0.15) is 0 Å². The quantitative estimate of drug-likeness (QED) is 0.795. The Morgan fingerprint density at radius 3 is 2.93 bits per heavy atom. The fourth-order valence-electron chi connectivity index (χ4n) is 1.88. The van der Waals surface area contributed by atoms with Crippen molar-refractivity contribution >= 4 is 28.9 Å². The molecular weight excluding hydrogens is 212 g/mol. The van der Waals surface area contributed by atoms with Crippen molar-refractivity contribution in [3.63, 3.8) is 0 Å². The summed E-state index contributed by atoms with van der Waals surface area (Å²) >= 11 is 5.94. The number of rotatable bonds is 1. The van der Waals surface area contributed by atoms with Crippen LogP contribution in [0.1, 0.15) is 13.8 Å². The van der Waals surface area contributed by atoms with Crippen LogP contribution < -0.4 is 10.2 Å². The third-order valence-electron chi connectivity index (χ3n) is 2.71. The smallest absolute Gasteiger partial charge is 0.246 e. The van der Waals surface area contributed by atoms with Gasteiger partial charge in [-0.3, -0.25) is 4.79 Å². The van der Waals surface area contributed by atoms with Crippen LogP contribution in [0.3, 0.4) is 0 Å². The lowest BCUT2D eigenvalue weighted by Crippen LogP contribution is -2.46. The lowest BCUT2D eigenvalue weighted by Gasteiger charge is -2.35. The molecule has 3 nitrogen and oxygen atoms in total. The zero-order valence-corrected chi connectivity index (χ0v) is 9.51. The Morgan fingerprint density at radius 1 is 1.53 bits per heavy atom. The average molecular weight is 225 g/mol. The highest BCUT2D eigenvalue weighted by atomic mass is 35.5. The van der Waals surface area contributed by atoms with E-state index in [4.69, 9.17) is 11.6 Å². The predicted molar refractivity (Wildman–Crippen MR) is 62.6 cm³/mol. The molecule has 0 bridgehead atoms. The molecule has 0 saturated carbocycles. The molecule has 1 aromatic carbocycles. The van der Waals surface area contributed by atoms with Gasteiger partial charge in [-0.25, -0.2) is 0 Å². The molecule has 1 aromatic rings. The van der Waals surface area contributed by atoms with Crippen LogP contribution in [0, 0.1) is 0 Å². The van der Waals surface area contributed by atoms with Crippen molar-refractivity contribution in [1.82, 2.24) is 0 Å². The summed E-state index contributed by atoms with van der Waals surface area (Å²) in [7, 11) is 0. The Hall–Kier alpha value is -1.22. The SMILES string of the molecule is CCN1c2cc(Cl)ccc2NC(=O)C1C. The largest absolute Gasteiger partial charge is 0.358 e. The standard InChI is InChI=1S/C11H13ClN2O/c1-3-14-7(2)11(15)13-9-5-4-8(12)6-10(9)14/h4-7H,3H2,1-2H3,(H,13,15). The van der Waals surface area contributed by atoms with Gasteiger partial charge < -0.3 is 10.2 Å². The second-order valence-corrected chi connectivity index (χ2v) is 4.05. The molecule has 0 aliphatic carbocycles. The summed E-state index contributed by atoms with van der Waals surface area (Å²) in [6.45, 7) is 4.71. The third kappa shape index (κ3) is 1.67. The van der Waals surface area contributed by atoms with Gasteiger partial charge in [0.15, 0.2) is 0 Å². The van der Waals surface area contributed by atoms with Gasteiger partial charge in [-0.15, -0.1) is 0 Å². The summed E-state index contributed by atoms with van der Waals surface area (Å²) in [6.07, 6.45) is 0. The van der Waals surface area contributed by atoms with E-state index in [9.17, 15) is 4.79 Å². The highest BCUT2D eigenvalue weighted by Gasteiger charge is 2.28. The van der Waals surface area contributed by atoms with Crippen LogP contribution in [0.4, 0.5) is 11.4 Å². The second kappa shape index (κ2) is 3.74. The van der Waals surface area contributed by atoms with Crippen molar-refractivity contribution in [3.05, 3.63) is 23.2 Å². The molecule has 0 aromatic heterocycles. The molecule has 2 rings (SSSR count). The lowest BCUT2D eigenvalue weighted by atomic mass is 10.1. The number of hydrogen-bond acceptors (Lipinski definition) is 2. The van der Waals surface area contributed by atoms with Gasteiger partial charge in [0, 0.05) is 11.6 Å². The molecule has 1 aliphatic heterocycles. The monoisotopic (exact) mass is 224 g/mol. The Bertz CT molecular complexity index is 406. The Kier molecular flexibility index (Phi) is 2.57. The Morgan fingerprint density at radius 2 is 2.27 bits per heavy atom. The number of nitrogens with one attached hydrogen (secondary N) is 1. The number of likely N-dealkylation sites (N-methyl/N-ethyl adjacent to an activating group) is 1. The van der Waals surface area contributed by atoms with E-state index in [-0.39, 0.29) is 11.9 Å². The van der Waals surface area contributed by atoms with Crippen LogP contribution in [-0.4, -0.2) is 18.5 Å². The van der Waals surface area contributed by atoms with Crippen LogP contribution in [0.15, 0.2) is 18.2 Å². The van der Waals surface area contributed by atoms with Crippen LogP contribution in [0.25, 0.3) is 0 Å². The van der Waals surface area contributed by atoms with E-state index in [0.717, 1.165) is 17.9 Å². The molecule has 0 spiro atoms. The minimum Gasteiger partial charge on any atom is -0.358 e. The zero-order valence-electron chi connectivity index (χ0n) is 8.75. The van der Waals surface area contributed by atoms with E-state index in [2.05, 4.69) is 5.32 Å². The number of carbonyl (C=O) groups is 1. The van der Waals surface area contributed by atoms with Gasteiger partial charge in [0.25, 0.3) is 0 Å². The molecule has 4 heteroatoms. The minimum atomic E-state index is -0.138. The Labute approximate surface area is 94.0 Å². The van der Waals surface area contributed by atoms with Gasteiger partial charge >= 0.3 is 0 Å². The number of carbonyl (C=O) groups excluding carboxylic acids is 1. The van der Waals surface area contributed by atoms with Gasteiger partial charge in [-0.1, -0.05) is 11.6 Å². The average Bonchev–Trinajstić information content (AvgIpc) is 2.21. The first-order chi connectivity index (χ1) is 7.13. The van der Waals surface area contributed by atoms with E-state index >= 15 is 0 Å². The maximum Gasteiger partial charge on any atom is 0.246 e. The van der Waals surface area contributed by atoms with Crippen molar-refractivity contribution < 1.29 is 4.79 Å². The molecule has 80 valence electrons. The van der Waals surface area contributed by atoms with Crippen LogP contribution in [0.5, 0.6) is 0 Å². The van der Waals surface area contributed by atoms with E-state index in [1.165, 1.54) is 0 Å². The highest BCUT2D eigenvalue weighted by Crippen LogP contribution is 2.33. The normalized spacial score (nSPS) is 19.8. The summed E-state index contributed by atoms with van der Waals surface area (Å²) in [5, 5.41) is 3.55. The topological polar surface area (TPSA) is 32.3 Å². The number of halogens is 1. The summed E-state index contributed by atoms with van der Waals surface area (Å²) in [4.78, 5) is 13.7. The molecule has 0 radical (unpaired) electrons.